The zero-order chi connectivity index (χ0) is 19.7. The van der Waals surface area contributed by atoms with Crippen molar-refractivity contribution >= 4 is 21.4 Å². The lowest BCUT2D eigenvalue weighted by molar-refractivity contribution is -0.123. The van der Waals surface area contributed by atoms with Crippen LogP contribution < -0.4 is 9.64 Å². The first-order valence-corrected chi connectivity index (χ1v) is 11.2. The predicted molar refractivity (Wildman–Crippen MR) is 108 cm³/mol. The Morgan fingerprint density at radius 2 is 1.68 bits per heavy atom. The molecule has 0 unspecified atom stereocenters. The summed E-state index contributed by atoms with van der Waals surface area (Å²) in [5, 5.41) is 0. The molecule has 4 rings (SSSR count). The lowest BCUT2D eigenvalue weighted by Gasteiger charge is -2.43. The number of piperazine rings is 1. The summed E-state index contributed by atoms with van der Waals surface area (Å²) in [6.45, 7) is 0.839. The number of hydrogen-bond acceptors (Lipinski definition) is 5. The quantitative estimate of drug-likeness (QED) is 0.765. The van der Waals surface area contributed by atoms with E-state index in [1.807, 2.05) is 59.5 Å². The van der Waals surface area contributed by atoms with Crippen LogP contribution in [0.2, 0.25) is 0 Å². The number of fused-ring (bicyclic) bond motifs is 1. The highest BCUT2D eigenvalue weighted by molar-refractivity contribution is 7.91. The number of sulfone groups is 1. The van der Waals surface area contributed by atoms with Gasteiger partial charge >= 0.3 is 0 Å². The van der Waals surface area contributed by atoms with Crippen molar-refractivity contribution in [3.8, 4) is 5.75 Å². The van der Waals surface area contributed by atoms with E-state index in [0.29, 0.717) is 13.0 Å². The van der Waals surface area contributed by atoms with Crippen molar-refractivity contribution in [2.75, 3.05) is 36.6 Å². The largest absolute Gasteiger partial charge is 0.496 e. The molecule has 2 aromatic rings. The Kier molecular flexibility index (Phi) is 5.12. The van der Waals surface area contributed by atoms with Gasteiger partial charge in [-0.1, -0.05) is 36.4 Å². The molecule has 2 aliphatic rings. The molecule has 6 nitrogen and oxygen atoms in total. The van der Waals surface area contributed by atoms with Crippen LogP contribution in [-0.2, 0) is 21.1 Å². The molecule has 2 aromatic carbocycles. The van der Waals surface area contributed by atoms with Crippen LogP contribution in [0.15, 0.2) is 54.6 Å². The second-order valence-electron chi connectivity index (χ2n) is 7.34. The van der Waals surface area contributed by atoms with Crippen LogP contribution in [0.3, 0.4) is 0 Å². The number of nitrogens with zero attached hydrogens (tertiary/aromatic N) is 2. The third-order valence-corrected chi connectivity index (χ3v) is 7.30. The van der Waals surface area contributed by atoms with E-state index in [0.717, 1.165) is 17.0 Å². The molecule has 0 N–H and O–H groups in total. The number of methoxy groups -OCH3 is 1. The molecule has 0 spiro atoms. The molecule has 1 amide bonds. The Bertz CT molecular complexity index is 961. The van der Waals surface area contributed by atoms with Crippen LogP contribution in [0.4, 0.5) is 5.69 Å². The summed E-state index contributed by atoms with van der Waals surface area (Å²) in [5.41, 5.74) is 1.82. The van der Waals surface area contributed by atoms with Crippen molar-refractivity contribution in [3.05, 3.63) is 60.2 Å². The number of para-hydroxylation sites is 2. The average Bonchev–Trinajstić information content (AvgIpc) is 3.02. The molecule has 0 saturated carbocycles. The summed E-state index contributed by atoms with van der Waals surface area (Å²) >= 11 is 0. The smallest absolute Gasteiger partial charge is 0.241 e. The van der Waals surface area contributed by atoms with Crippen molar-refractivity contribution < 1.29 is 17.9 Å². The van der Waals surface area contributed by atoms with Crippen molar-refractivity contribution in [2.45, 2.75) is 18.5 Å². The Balaban J connectivity index is 1.58. The van der Waals surface area contributed by atoms with Gasteiger partial charge in [0.1, 0.15) is 5.75 Å². The van der Waals surface area contributed by atoms with Gasteiger partial charge in [-0.2, -0.15) is 0 Å². The lowest BCUT2D eigenvalue weighted by Crippen LogP contribution is -2.62. The van der Waals surface area contributed by atoms with E-state index in [4.69, 9.17) is 4.74 Å². The van der Waals surface area contributed by atoms with Crippen LogP contribution >= 0.6 is 0 Å². The summed E-state index contributed by atoms with van der Waals surface area (Å²) in [4.78, 5) is 16.7. The molecule has 2 heterocycles. The highest BCUT2D eigenvalue weighted by atomic mass is 32.2. The minimum atomic E-state index is -3.18. The molecule has 28 heavy (non-hydrogen) atoms. The van der Waals surface area contributed by atoms with E-state index in [9.17, 15) is 13.2 Å². The summed E-state index contributed by atoms with van der Waals surface area (Å²) in [7, 11) is -1.54. The van der Waals surface area contributed by atoms with Crippen molar-refractivity contribution in [3.63, 3.8) is 0 Å². The average molecular weight is 401 g/mol. The van der Waals surface area contributed by atoms with Gasteiger partial charge in [0.2, 0.25) is 5.91 Å². The van der Waals surface area contributed by atoms with E-state index < -0.39 is 9.84 Å². The molecule has 0 aliphatic carbocycles. The number of amides is 1. The van der Waals surface area contributed by atoms with Crippen molar-refractivity contribution in [1.29, 1.82) is 0 Å². The second-order valence-corrected chi connectivity index (χ2v) is 9.50. The van der Waals surface area contributed by atoms with Crippen molar-refractivity contribution in [1.82, 2.24) is 4.90 Å². The number of carbonyl (C=O) groups excluding carboxylic acids is 1. The number of ether oxygens (including phenoxy) is 1. The van der Waals surface area contributed by atoms with Gasteiger partial charge in [-0.05, 0) is 30.2 Å². The standard InChI is InChI=1S/C21H24N2O4S/c1-27-20-10-6-5-7-16(20)11-12-22-13-21(24)23(17-8-3-2-4-9-17)19-15-28(25,26)14-18(19)22/h2-10,18-19H,11-15H2,1H3/t18-,19-/m0/s1. The van der Waals surface area contributed by atoms with Crippen LogP contribution in [0.1, 0.15) is 5.56 Å². The fraction of sp³-hybridized carbons (Fsp3) is 0.381. The SMILES string of the molecule is COc1ccccc1CCN1CC(=O)N(c2ccccc2)[C@H]2CS(=O)(=O)C[C@@H]21. The minimum Gasteiger partial charge on any atom is -0.496 e. The van der Waals surface area contributed by atoms with Gasteiger partial charge in [-0.15, -0.1) is 0 Å². The van der Waals surface area contributed by atoms with Gasteiger partial charge in [-0.25, -0.2) is 8.42 Å². The first-order valence-electron chi connectivity index (χ1n) is 9.42. The molecule has 2 atom stereocenters. The van der Waals surface area contributed by atoms with Gasteiger partial charge in [0.25, 0.3) is 0 Å². The maximum atomic E-state index is 13.0. The van der Waals surface area contributed by atoms with Crippen LogP contribution in [-0.4, -0.2) is 63.0 Å². The zero-order valence-corrected chi connectivity index (χ0v) is 16.6. The molecule has 2 fully saturated rings. The third-order valence-electron chi connectivity index (χ3n) is 5.60. The number of carbonyl (C=O) groups is 1. The summed E-state index contributed by atoms with van der Waals surface area (Å²) in [5.74, 6) is 0.876. The number of rotatable bonds is 5. The number of benzene rings is 2. The monoisotopic (exact) mass is 400 g/mol. The first-order chi connectivity index (χ1) is 13.5. The van der Waals surface area contributed by atoms with Crippen LogP contribution in [0.5, 0.6) is 5.75 Å². The van der Waals surface area contributed by atoms with E-state index >= 15 is 0 Å². The van der Waals surface area contributed by atoms with Gasteiger partial charge in [0, 0.05) is 18.3 Å². The summed E-state index contributed by atoms with van der Waals surface area (Å²) in [6.07, 6.45) is 0.700. The summed E-state index contributed by atoms with van der Waals surface area (Å²) < 4.78 is 30.2. The van der Waals surface area contributed by atoms with Gasteiger partial charge < -0.3 is 9.64 Å². The third kappa shape index (κ3) is 3.64. The molecule has 2 aliphatic heterocycles. The van der Waals surface area contributed by atoms with Gasteiger partial charge in [0.05, 0.1) is 31.2 Å². The first kappa shape index (κ1) is 19.0. The van der Waals surface area contributed by atoms with Crippen LogP contribution in [0, 0.1) is 0 Å². The Labute approximate surface area is 165 Å². The van der Waals surface area contributed by atoms with Gasteiger partial charge in [-0.3, -0.25) is 9.69 Å². The van der Waals surface area contributed by atoms with E-state index in [1.54, 1.807) is 12.0 Å². The normalized spacial score (nSPS) is 24.2. The molecule has 7 heteroatoms. The van der Waals surface area contributed by atoms with Crippen LogP contribution in [0.25, 0.3) is 0 Å². The lowest BCUT2D eigenvalue weighted by atomic mass is 10.0. The topological polar surface area (TPSA) is 66.9 Å². The van der Waals surface area contributed by atoms with E-state index in [-0.39, 0.29) is 36.0 Å². The number of hydrogen-bond donors (Lipinski definition) is 0. The maximum absolute atomic E-state index is 13.0. The molecule has 0 radical (unpaired) electrons. The Morgan fingerprint density at radius 3 is 2.43 bits per heavy atom. The Hall–Kier alpha value is -2.38. The maximum Gasteiger partial charge on any atom is 0.241 e. The fourth-order valence-corrected chi connectivity index (χ4v) is 6.28. The molecule has 148 valence electrons. The Morgan fingerprint density at radius 1 is 1.00 bits per heavy atom. The summed E-state index contributed by atoms with van der Waals surface area (Å²) in [6, 6.07) is 16.6. The number of anilines is 1. The molecular formula is C21H24N2O4S. The predicted octanol–water partition coefficient (Wildman–Crippen LogP) is 1.75. The minimum absolute atomic E-state index is 0.0173. The molecule has 0 aromatic heterocycles. The molecular weight excluding hydrogens is 376 g/mol. The highest BCUT2D eigenvalue weighted by Gasteiger charge is 2.49. The fourth-order valence-electron chi connectivity index (χ4n) is 4.30. The van der Waals surface area contributed by atoms with E-state index in [2.05, 4.69) is 0 Å². The molecule has 2 saturated heterocycles. The zero-order valence-electron chi connectivity index (χ0n) is 15.8. The highest BCUT2D eigenvalue weighted by Crippen LogP contribution is 2.32. The van der Waals surface area contributed by atoms with Crippen molar-refractivity contribution in [2.24, 2.45) is 0 Å². The van der Waals surface area contributed by atoms with E-state index in [1.165, 1.54) is 0 Å². The molecule has 0 bridgehead atoms. The second kappa shape index (κ2) is 7.56. The van der Waals surface area contributed by atoms with Gasteiger partial charge in [0.15, 0.2) is 9.84 Å².